The number of ether oxygens (including phenoxy) is 2. The smallest absolute Gasteiger partial charge is 0.122 e. The fraction of sp³-hybridized carbons (Fsp3) is 0.571. The van der Waals surface area contributed by atoms with Crippen LogP contribution < -0.4 is 10.1 Å². The molecule has 0 aliphatic carbocycles. The van der Waals surface area contributed by atoms with E-state index in [-0.39, 0.29) is 6.04 Å². The molecule has 4 heteroatoms. The molecule has 4 nitrogen and oxygen atoms in total. The predicted molar refractivity (Wildman–Crippen MR) is 70.0 cm³/mol. The molecule has 1 aromatic carbocycles. The summed E-state index contributed by atoms with van der Waals surface area (Å²) in [5.74, 6) is 1.32. The molecule has 18 heavy (non-hydrogen) atoms. The van der Waals surface area contributed by atoms with Crippen molar-refractivity contribution < 1.29 is 14.6 Å². The van der Waals surface area contributed by atoms with Gasteiger partial charge in [-0.05, 0) is 13.0 Å². The molecule has 0 amide bonds. The number of fused-ring (bicyclic) bond motifs is 1. The molecule has 0 saturated carbocycles. The van der Waals surface area contributed by atoms with Gasteiger partial charge in [-0.2, -0.15) is 0 Å². The molecule has 2 N–H and O–H groups in total. The van der Waals surface area contributed by atoms with Crippen molar-refractivity contribution in [2.45, 2.75) is 25.0 Å². The highest BCUT2D eigenvalue weighted by atomic mass is 16.5. The minimum absolute atomic E-state index is 0.264. The number of aliphatic hydroxyl groups is 1. The molecule has 100 valence electrons. The number of nitrogens with one attached hydrogen (secondary N) is 1. The Balaban J connectivity index is 1.89. The van der Waals surface area contributed by atoms with Crippen LogP contribution >= 0.6 is 0 Å². The van der Waals surface area contributed by atoms with Crippen LogP contribution in [0.1, 0.15) is 18.4 Å². The van der Waals surface area contributed by atoms with Crippen LogP contribution in [0, 0.1) is 0 Å². The van der Waals surface area contributed by atoms with Gasteiger partial charge in [0, 0.05) is 31.2 Å². The maximum absolute atomic E-state index is 9.62. The zero-order valence-corrected chi connectivity index (χ0v) is 10.9. The summed E-state index contributed by atoms with van der Waals surface area (Å²) in [5, 5.41) is 13.0. The summed E-state index contributed by atoms with van der Waals surface area (Å²) in [6.45, 7) is 3.72. The molecule has 1 aromatic rings. The van der Waals surface area contributed by atoms with E-state index in [1.165, 1.54) is 5.56 Å². The van der Waals surface area contributed by atoms with Crippen molar-refractivity contribution >= 4 is 0 Å². The molecule has 3 atom stereocenters. The average Bonchev–Trinajstić information content (AvgIpc) is 2.80. The first-order valence-electron chi connectivity index (χ1n) is 6.34. The van der Waals surface area contributed by atoms with Gasteiger partial charge in [0.05, 0.1) is 19.3 Å². The molecule has 0 aromatic heterocycles. The van der Waals surface area contributed by atoms with E-state index >= 15 is 0 Å². The van der Waals surface area contributed by atoms with Crippen molar-refractivity contribution in [3.05, 3.63) is 29.8 Å². The molecule has 0 saturated heterocycles. The molecule has 2 rings (SSSR count). The number of hydrogen-bond acceptors (Lipinski definition) is 4. The third-order valence-corrected chi connectivity index (χ3v) is 3.37. The van der Waals surface area contributed by atoms with Gasteiger partial charge in [0.15, 0.2) is 0 Å². The Hall–Kier alpha value is -1.10. The summed E-state index contributed by atoms with van der Waals surface area (Å²) in [6, 6.07) is 8.40. The topological polar surface area (TPSA) is 50.7 Å². The van der Waals surface area contributed by atoms with Crippen molar-refractivity contribution in [3.63, 3.8) is 0 Å². The highest BCUT2D eigenvalue weighted by Gasteiger charge is 2.28. The lowest BCUT2D eigenvalue weighted by Crippen LogP contribution is -2.39. The van der Waals surface area contributed by atoms with E-state index in [1.54, 1.807) is 7.11 Å². The first kappa shape index (κ1) is 13.3. The van der Waals surface area contributed by atoms with Gasteiger partial charge in [-0.3, -0.25) is 0 Å². The van der Waals surface area contributed by atoms with Gasteiger partial charge in [0.2, 0.25) is 0 Å². The van der Waals surface area contributed by atoms with E-state index in [9.17, 15) is 5.11 Å². The highest BCUT2D eigenvalue weighted by Crippen LogP contribution is 2.35. The first-order valence-corrected chi connectivity index (χ1v) is 6.34. The van der Waals surface area contributed by atoms with Gasteiger partial charge in [-0.15, -0.1) is 0 Å². The van der Waals surface area contributed by atoms with Gasteiger partial charge >= 0.3 is 0 Å². The van der Waals surface area contributed by atoms with Crippen molar-refractivity contribution in [1.82, 2.24) is 5.32 Å². The number of methoxy groups -OCH3 is 1. The average molecular weight is 251 g/mol. The Morgan fingerprint density at radius 3 is 3.06 bits per heavy atom. The van der Waals surface area contributed by atoms with Crippen LogP contribution in [-0.2, 0) is 4.74 Å². The first-order chi connectivity index (χ1) is 8.72. The number of para-hydroxylation sites is 1. The standard InChI is InChI=1S/C14H21NO3/c1-10(15-7-11(16)8-17-2)13-9-18-14-6-4-3-5-12(13)14/h3-6,10-11,13,15-16H,7-9H2,1-2H3/t10?,11-,13?/m0/s1. The predicted octanol–water partition coefficient (Wildman–Crippen LogP) is 1.15. The molecule has 1 aliphatic rings. The molecular formula is C14H21NO3. The van der Waals surface area contributed by atoms with E-state index in [2.05, 4.69) is 18.3 Å². The van der Waals surface area contributed by atoms with Crippen molar-refractivity contribution in [2.75, 3.05) is 26.9 Å². The van der Waals surface area contributed by atoms with E-state index in [4.69, 9.17) is 9.47 Å². The van der Waals surface area contributed by atoms with Crippen LogP contribution in [-0.4, -0.2) is 44.1 Å². The van der Waals surface area contributed by atoms with Crippen LogP contribution in [0.4, 0.5) is 0 Å². The molecular weight excluding hydrogens is 230 g/mol. The lowest BCUT2D eigenvalue weighted by atomic mass is 9.94. The van der Waals surface area contributed by atoms with Crippen LogP contribution in [0.5, 0.6) is 5.75 Å². The van der Waals surface area contributed by atoms with Crippen molar-refractivity contribution in [3.8, 4) is 5.75 Å². The van der Waals surface area contributed by atoms with Gasteiger partial charge in [-0.1, -0.05) is 18.2 Å². The zero-order valence-electron chi connectivity index (χ0n) is 10.9. The van der Waals surface area contributed by atoms with Gasteiger partial charge < -0.3 is 19.9 Å². The summed E-state index contributed by atoms with van der Waals surface area (Å²) in [5.41, 5.74) is 1.25. The Labute approximate surface area is 108 Å². The summed E-state index contributed by atoms with van der Waals surface area (Å²) < 4.78 is 10.6. The maximum Gasteiger partial charge on any atom is 0.122 e. The number of aliphatic hydroxyl groups excluding tert-OH is 1. The molecule has 1 heterocycles. The fourth-order valence-electron chi connectivity index (χ4n) is 2.32. The number of hydrogen-bond donors (Lipinski definition) is 2. The highest BCUT2D eigenvalue weighted by molar-refractivity contribution is 5.40. The summed E-state index contributed by atoms with van der Waals surface area (Å²) in [4.78, 5) is 0. The van der Waals surface area contributed by atoms with Crippen LogP contribution in [0.15, 0.2) is 24.3 Å². The van der Waals surface area contributed by atoms with Gasteiger partial charge in [0.25, 0.3) is 0 Å². The van der Waals surface area contributed by atoms with Crippen LogP contribution in [0.3, 0.4) is 0 Å². The number of rotatable bonds is 6. The van der Waals surface area contributed by atoms with E-state index in [1.807, 2.05) is 18.2 Å². The largest absolute Gasteiger partial charge is 0.493 e. The molecule has 0 radical (unpaired) electrons. The molecule has 2 unspecified atom stereocenters. The lowest BCUT2D eigenvalue weighted by molar-refractivity contribution is 0.0622. The monoisotopic (exact) mass is 251 g/mol. The Morgan fingerprint density at radius 2 is 2.28 bits per heavy atom. The minimum Gasteiger partial charge on any atom is -0.493 e. The Bertz CT molecular complexity index is 383. The summed E-state index contributed by atoms with van der Waals surface area (Å²) in [7, 11) is 1.59. The third kappa shape index (κ3) is 3.02. The van der Waals surface area contributed by atoms with E-state index in [0.29, 0.717) is 25.7 Å². The SMILES string of the molecule is COC[C@@H](O)CNC(C)C1COc2ccccc21. The van der Waals surface area contributed by atoms with Gasteiger partial charge in [-0.25, -0.2) is 0 Å². The molecule has 0 bridgehead atoms. The third-order valence-electron chi connectivity index (χ3n) is 3.37. The molecule has 0 spiro atoms. The second kappa shape index (κ2) is 6.18. The van der Waals surface area contributed by atoms with E-state index < -0.39 is 6.10 Å². The lowest BCUT2D eigenvalue weighted by Gasteiger charge is -2.21. The van der Waals surface area contributed by atoms with Gasteiger partial charge in [0.1, 0.15) is 5.75 Å². The quantitative estimate of drug-likeness (QED) is 0.796. The maximum atomic E-state index is 9.62. The Kier molecular flexibility index (Phi) is 4.58. The zero-order chi connectivity index (χ0) is 13.0. The molecule has 1 aliphatic heterocycles. The summed E-state index contributed by atoms with van der Waals surface area (Å²) >= 11 is 0. The summed E-state index contributed by atoms with van der Waals surface area (Å²) in [6.07, 6.45) is -0.463. The van der Waals surface area contributed by atoms with Crippen molar-refractivity contribution in [1.29, 1.82) is 0 Å². The Morgan fingerprint density at radius 1 is 1.50 bits per heavy atom. The minimum atomic E-state index is -0.463. The van der Waals surface area contributed by atoms with Crippen LogP contribution in [0.2, 0.25) is 0 Å². The normalized spacial score (nSPS) is 21.2. The number of benzene rings is 1. The second-order valence-electron chi connectivity index (χ2n) is 4.76. The molecule has 0 fully saturated rings. The van der Waals surface area contributed by atoms with E-state index in [0.717, 1.165) is 5.75 Å². The van der Waals surface area contributed by atoms with Crippen LogP contribution in [0.25, 0.3) is 0 Å². The fourth-order valence-corrected chi connectivity index (χ4v) is 2.32. The van der Waals surface area contributed by atoms with Crippen molar-refractivity contribution in [2.24, 2.45) is 0 Å². The second-order valence-corrected chi connectivity index (χ2v) is 4.76.